The van der Waals surface area contributed by atoms with Crippen LogP contribution in [0.3, 0.4) is 0 Å². The van der Waals surface area contributed by atoms with Gasteiger partial charge in [-0.15, -0.1) is 0 Å². The number of para-hydroxylation sites is 1. The van der Waals surface area contributed by atoms with Crippen LogP contribution in [0.1, 0.15) is 5.56 Å². The van der Waals surface area contributed by atoms with E-state index in [1.807, 2.05) is 48.5 Å². The second kappa shape index (κ2) is 5.03. The van der Waals surface area contributed by atoms with Gasteiger partial charge < -0.3 is 11.1 Å². The molecule has 2 nitrogen and oxygen atoms in total. The van der Waals surface area contributed by atoms with Gasteiger partial charge in [-0.25, -0.2) is 0 Å². The number of hydrogen-bond donors (Lipinski definition) is 2. The standard InChI is InChI=1S/C13H13BrN2/c14-11-7-6-10(13(15)8-11)9-16-12-4-2-1-3-5-12/h1-8,16H,9,15H2. The van der Waals surface area contributed by atoms with Gasteiger partial charge in [-0.1, -0.05) is 40.2 Å². The summed E-state index contributed by atoms with van der Waals surface area (Å²) in [5, 5.41) is 3.33. The summed E-state index contributed by atoms with van der Waals surface area (Å²) in [6.07, 6.45) is 0. The molecule has 0 aliphatic heterocycles. The van der Waals surface area contributed by atoms with E-state index in [1.165, 1.54) is 0 Å². The van der Waals surface area contributed by atoms with Crippen molar-refractivity contribution in [2.45, 2.75) is 6.54 Å². The topological polar surface area (TPSA) is 38.0 Å². The summed E-state index contributed by atoms with van der Waals surface area (Å²) in [4.78, 5) is 0. The Morgan fingerprint density at radius 3 is 2.50 bits per heavy atom. The molecule has 3 heteroatoms. The monoisotopic (exact) mass is 276 g/mol. The maximum Gasteiger partial charge on any atom is 0.0421 e. The first-order valence-corrected chi connectivity index (χ1v) is 5.88. The molecule has 2 rings (SSSR count). The van der Waals surface area contributed by atoms with Crippen LogP contribution in [0.5, 0.6) is 0 Å². The lowest BCUT2D eigenvalue weighted by molar-refractivity contribution is 1.15. The van der Waals surface area contributed by atoms with E-state index in [2.05, 4.69) is 21.2 Å². The minimum Gasteiger partial charge on any atom is -0.398 e. The van der Waals surface area contributed by atoms with E-state index in [1.54, 1.807) is 0 Å². The molecule has 0 saturated heterocycles. The Morgan fingerprint density at radius 2 is 1.81 bits per heavy atom. The molecule has 16 heavy (non-hydrogen) atoms. The van der Waals surface area contributed by atoms with E-state index in [0.29, 0.717) is 0 Å². The number of nitrogens with one attached hydrogen (secondary N) is 1. The van der Waals surface area contributed by atoms with Gasteiger partial charge in [-0.05, 0) is 29.8 Å². The minimum atomic E-state index is 0.739. The molecule has 0 spiro atoms. The van der Waals surface area contributed by atoms with Crippen LogP contribution in [0.25, 0.3) is 0 Å². The Kier molecular flexibility index (Phi) is 3.47. The molecule has 0 unspecified atom stereocenters. The normalized spacial score (nSPS) is 10.1. The lowest BCUT2D eigenvalue weighted by Gasteiger charge is -2.09. The van der Waals surface area contributed by atoms with Crippen molar-refractivity contribution in [3.63, 3.8) is 0 Å². The third-order valence-corrected chi connectivity index (χ3v) is 2.86. The Balaban J connectivity index is 2.05. The maximum absolute atomic E-state index is 5.92. The number of hydrogen-bond acceptors (Lipinski definition) is 2. The van der Waals surface area contributed by atoms with Crippen LogP contribution >= 0.6 is 15.9 Å². The van der Waals surface area contributed by atoms with Crippen molar-refractivity contribution < 1.29 is 0 Å². The number of nitrogen functional groups attached to an aromatic ring is 1. The minimum absolute atomic E-state index is 0.739. The van der Waals surface area contributed by atoms with Crippen LogP contribution in [0, 0.1) is 0 Å². The summed E-state index contributed by atoms with van der Waals surface area (Å²) < 4.78 is 1.01. The molecule has 3 N–H and O–H groups in total. The van der Waals surface area contributed by atoms with E-state index in [0.717, 1.165) is 28.0 Å². The van der Waals surface area contributed by atoms with Gasteiger partial charge in [-0.2, -0.15) is 0 Å². The highest BCUT2D eigenvalue weighted by atomic mass is 79.9. The fourth-order valence-electron chi connectivity index (χ4n) is 1.48. The van der Waals surface area contributed by atoms with Gasteiger partial charge in [0.25, 0.3) is 0 Å². The van der Waals surface area contributed by atoms with Crippen molar-refractivity contribution in [2.24, 2.45) is 0 Å². The smallest absolute Gasteiger partial charge is 0.0421 e. The fraction of sp³-hybridized carbons (Fsp3) is 0.0769. The first-order chi connectivity index (χ1) is 7.75. The van der Waals surface area contributed by atoms with E-state index < -0.39 is 0 Å². The maximum atomic E-state index is 5.92. The Hall–Kier alpha value is -1.48. The number of anilines is 2. The van der Waals surface area contributed by atoms with Crippen LogP contribution in [-0.2, 0) is 6.54 Å². The number of nitrogens with two attached hydrogens (primary N) is 1. The van der Waals surface area contributed by atoms with Gasteiger partial charge in [-0.3, -0.25) is 0 Å². The van der Waals surface area contributed by atoms with Crippen LogP contribution in [0.15, 0.2) is 53.0 Å². The van der Waals surface area contributed by atoms with Crippen LogP contribution in [0.4, 0.5) is 11.4 Å². The molecule has 0 fully saturated rings. The van der Waals surface area contributed by atoms with Crippen LogP contribution < -0.4 is 11.1 Å². The van der Waals surface area contributed by atoms with E-state index in [-0.39, 0.29) is 0 Å². The predicted molar refractivity (Wildman–Crippen MR) is 72.3 cm³/mol. The summed E-state index contributed by atoms with van der Waals surface area (Å²) in [5.41, 5.74) is 8.92. The molecule has 0 aromatic heterocycles. The molecule has 0 aliphatic carbocycles. The highest BCUT2D eigenvalue weighted by molar-refractivity contribution is 9.10. The van der Waals surface area contributed by atoms with Gasteiger partial charge in [0.05, 0.1) is 0 Å². The van der Waals surface area contributed by atoms with Gasteiger partial charge in [0.1, 0.15) is 0 Å². The molecular weight excluding hydrogens is 264 g/mol. The van der Waals surface area contributed by atoms with Gasteiger partial charge in [0.2, 0.25) is 0 Å². The van der Waals surface area contributed by atoms with Gasteiger partial charge in [0, 0.05) is 22.4 Å². The summed E-state index contributed by atoms with van der Waals surface area (Å²) in [7, 11) is 0. The SMILES string of the molecule is Nc1cc(Br)ccc1CNc1ccccc1. The second-order valence-electron chi connectivity index (χ2n) is 3.56. The van der Waals surface area contributed by atoms with Crippen LogP contribution in [-0.4, -0.2) is 0 Å². The molecule has 0 radical (unpaired) electrons. The van der Waals surface area contributed by atoms with Crippen molar-refractivity contribution in [3.8, 4) is 0 Å². The summed E-state index contributed by atoms with van der Waals surface area (Å²) in [6, 6.07) is 16.0. The average molecular weight is 277 g/mol. The summed E-state index contributed by atoms with van der Waals surface area (Å²) in [6.45, 7) is 0.739. The van der Waals surface area contributed by atoms with Crippen molar-refractivity contribution in [3.05, 3.63) is 58.6 Å². The lowest BCUT2D eigenvalue weighted by atomic mass is 10.2. The van der Waals surface area contributed by atoms with Crippen molar-refractivity contribution in [2.75, 3.05) is 11.1 Å². The first-order valence-electron chi connectivity index (χ1n) is 5.08. The summed E-state index contributed by atoms with van der Waals surface area (Å²) in [5.74, 6) is 0. The van der Waals surface area contributed by atoms with E-state index in [9.17, 15) is 0 Å². The van der Waals surface area contributed by atoms with Crippen molar-refractivity contribution >= 4 is 27.3 Å². The molecule has 2 aromatic carbocycles. The number of benzene rings is 2. The Bertz CT molecular complexity index is 469. The molecular formula is C13H13BrN2. The van der Waals surface area contributed by atoms with Crippen LogP contribution in [0.2, 0.25) is 0 Å². The number of rotatable bonds is 3. The average Bonchev–Trinajstić information content (AvgIpc) is 2.29. The van der Waals surface area contributed by atoms with E-state index in [4.69, 9.17) is 5.73 Å². The quantitative estimate of drug-likeness (QED) is 0.840. The third-order valence-electron chi connectivity index (χ3n) is 2.36. The second-order valence-corrected chi connectivity index (χ2v) is 4.48. The van der Waals surface area contributed by atoms with Gasteiger partial charge >= 0.3 is 0 Å². The third kappa shape index (κ3) is 2.76. The summed E-state index contributed by atoms with van der Waals surface area (Å²) >= 11 is 3.39. The lowest BCUT2D eigenvalue weighted by Crippen LogP contribution is -2.02. The van der Waals surface area contributed by atoms with Crippen molar-refractivity contribution in [1.82, 2.24) is 0 Å². The van der Waals surface area contributed by atoms with Gasteiger partial charge in [0.15, 0.2) is 0 Å². The molecule has 0 aliphatic rings. The molecule has 0 bridgehead atoms. The highest BCUT2D eigenvalue weighted by Crippen LogP contribution is 2.19. The molecule has 82 valence electrons. The Labute approximate surface area is 104 Å². The molecule has 2 aromatic rings. The molecule has 0 atom stereocenters. The zero-order valence-electron chi connectivity index (χ0n) is 8.78. The highest BCUT2D eigenvalue weighted by Gasteiger charge is 1.99. The van der Waals surface area contributed by atoms with E-state index >= 15 is 0 Å². The molecule has 0 amide bonds. The fourth-order valence-corrected chi connectivity index (χ4v) is 1.86. The predicted octanol–water partition coefficient (Wildman–Crippen LogP) is 3.64. The molecule has 0 heterocycles. The Morgan fingerprint density at radius 1 is 1.06 bits per heavy atom. The molecule has 0 saturated carbocycles. The zero-order chi connectivity index (χ0) is 11.4. The number of halogens is 1. The largest absolute Gasteiger partial charge is 0.398 e. The van der Waals surface area contributed by atoms with Crippen molar-refractivity contribution in [1.29, 1.82) is 0 Å². The first kappa shape index (κ1) is 11.0. The zero-order valence-corrected chi connectivity index (χ0v) is 10.4.